The van der Waals surface area contributed by atoms with Gasteiger partial charge in [-0.05, 0) is 38.8 Å². The molecule has 0 saturated heterocycles. The van der Waals surface area contributed by atoms with Crippen LogP contribution in [0.25, 0.3) is 5.69 Å². The molecule has 2 aromatic heterocycles. The van der Waals surface area contributed by atoms with E-state index in [1.165, 1.54) is 0 Å². The van der Waals surface area contributed by atoms with Gasteiger partial charge in [0.2, 0.25) is 5.91 Å². The molecule has 0 aliphatic heterocycles. The van der Waals surface area contributed by atoms with Crippen molar-refractivity contribution >= 4 is 23.3 Å². The molecule has 1 aromatic carbocycles. The van der Waals surface area contributed by atoms with Crippen LogP contribution < -0.4 is 10.6 Å². The Hall–Kier alpha value is -3.42. The number of nitrogens with zero attached hydrogens (tertiary/aromatic N) is 4. The van der Waals surface area contributed by atoms with Gasteiger partial charge in [0.25, 0.3) is 5.91 Å². The molecule has 0 radical (unpaired) electrons. The van der Waals surface area contributed by atoms with E-state index in [2.05, 4.69) is 20.8 Å². The minimum Gasteiger partial charge on any atom is -0.318 e. The van der Waals surface area contributed by atoms with E-state index in [1.54, 1.807) is 27.8 Å². The van der Waals surface area contributed by atoms with E-state index in [0.717, 1.165) is 18.5 Å². The molecular weight excluding hydrogens is 356 g/mol. The predicted molar refractivity (Wildman–Crippen MR) is 105 cm³/mol. The lowest BCUT2D eigenvalue weighted by Crippen LogP contribution is -2.16. The molecule has 0 bridgehead atoms. The van der Waals surface area contributed by atoms with Gasteiger partial charge in [-0.3, -0.25) is 14.3 Å². The Balaban J connectivity index is 1.60. The van der Waals surface area contributed by atoms with Gasteiger partial charge in [-0.25, -0.2) is 4.68 Å². The van der Waals surface area contributed by atoms with E-state index in [0.29, 0.717) is 11.5 Å². The van der Waals surface area contributed by atoms with Crippen molar-refractivity contribution in [1.82, 2.24) is 19.6 Å². The van der Waals surface area contributed by atoms with Gasteiger partial charge >= 0.3 is 0 Å². The molecule has 2 amide bonds. The summed E-state index contributed by atoms with van der Waals surface area (Å²) in [6.07, 6.45) is 5.17. The Labute approximate surface area is 162 Å². The second kappa shape index (κ2) is 7.30. The zero-order chi connectivity index (χ0) is 19.7. The fourth-order valence-corrected chi connectivity index (χ4v) is 2.80. The van der Waals surface area contributed by atoms with Gasteiger partial charge in [-0.1, -0.05) is 18.2 Å². The Morgan fingerprint density at radius 3 is 2.54 bits per heavy atom. The highest BCUT2D eigenvalue weighted by Gasteiger charge is 2.30. The summed E-state index contributed by atoms with van der Waals surface area (Å²) >= 11 is 0. The molecule has 1 aliphatic carbocycles. The van der Waals surface area contributed by atoms with Crippen molar-refractivity contribution in [3.63, 3.8) is 0 Å². The standard InChI is InChI=1S/C20H22N6O2/c1-13(2)25-12-15(11-21-25)22-20(28)17-10-18(23-19(27)14-8-9-14)26(24-17)16-6-4-3-5-7-16/h3-7,10-14H,8-9H2,1-2H3,(H,22,28)(H,23,27). The summed E-state index contributed by atoms with van der Waals surface area (Å²) in [6.45, 7) is 4.02. The smallest absolute Gasteiger partial charge is 0.276 e. The number of anilines is 2. The molecule has 4 rings (SSSR count). The number of hydrogen-bond acceptors (Lipinski definition) is 4. The summed E-state index contributed by atoms with van der Waals surface area (Å²) < 4.78 is 3.34. The maximum atomic E-state index is 12.7. The molecule has 1 fully saturated rings. The van der Waals surface area contributed by atoms with Crippen molar-refractivity contribution < 1.29 is 9.59 Å². The highest BCUT2D eigenvalue weighted by molar-refractivity contribution is 6.04. The fourth-order valence-electron chi connectivity index (χ4n) is 2.80. The largest absolute Gasteiger partial charge is 0.318 e. The quantitative estimate of drug-likeness (QED) is 0.688. The third-order valence-electron chi connectivity index (χ3n) is 4.53. The topological polar surface area (TPSA) is 93.8 Å². The highest BCUT2D eigenvalue weighted by atomic mass is 16.2. The lowest BCUT2D eigenvalue weighted by Gasteiger charge is -2.08. The summed E-state index contributed by atoms with van der Waals surface area (Å²) in [4.78, 5) is 24.9. The number of amides is 2. The molecule has 144 valence electrons. The number of hydrogen-bond donors (Lipinski definition) is 2. The second-order valence-electron chi connectivity index (χ2n) is 7.18. The van der Waals surface area contributed by atoms with Crippen LogP contribution in [0.1, 0.15) is 43.2 Å². The van der Waals surface area contributed by atoms with Crippen molar-refractivity contribution in [1.29, 1.82) is 0 Å². The first-order valence-corrected chi connectivity index (χ1v) is 9.33. The summed E-state index contributed by atoms with van der Waals surface area (Å²) in [5.41, 5.74) is 1.57. The van der Waals surface area contributed by atoms with E-state index < -0.39 is 0 Å². The number of carbonyl (C=O) groups excluding carboxylic acids is 2. The number of carbonyl (C=O) groups is 2. The van der Waals surface area contributed by atoms with E-state index in [-0.39, 0.29) is 29.5 Å². The molecule has 0 spiro atoms. The molecule has 1 aliphatic rings. The van der Waals surface area contributed by atoms with Crippen molar-refractivity contribution in [3.05, 3.63) is 54.5 Å². The van der Waals surface area contributed by atoms with Crippen LogP contribution in [0.4, 0.5) is 11.5 Å². The lowest BCUT2D eigenvalue weighted by atomic mass is 10.3. The number of para-hydroxylation sites is 1. The van der Waals surface area contributed by atoms with Gasteiger partial charge < -0.3 is 10.6 Å². The first kappa shape index (κ1) is 18.0. The normalized spacial score (nSPS) is 13.5. The molecule has 8 nitrogen and oxygen atoms in total. The van der Waals surface area contributed by atoms with Gasteiger partial charge in [0, 0.05) is 24.2 Å². The minimum atomic E-state index is -0.361. The van der Waals surface area contributed by atoms with E-state index in [9.17, 15) is 9.59 Å². The highest BCUT2D eigenvalue weighted by Crippen LogP contribution is 2.30. The molecule has 8 heteroatoms. The molecular formula is C20H22N6O2. The second-order valence-corrected chi connectivity index (χ2v) is 7.18. The first-order valence-electron chi connectivity index (χ1n) is 9.33. The Morgan fingerprint density at radius 2 is 1.89 bits per heavy atom. The monoisotopic (exact) mass is 378 g/mol. The van der Waals surface area contributed by atoms with Gasteiger partial charge in [0.15, 0.2) is 5.69 Å². The van der Waals surface area contributed by atoms with Crippen LogP contribution >= 0.6 is 0 Å². The van der Waals surface area contributed by atoms with Crippen LogP contribution in [-0.4, -0.2) is 31.4 Å². The van der Waals surface area contributed by atoms with Crippen LogP contribution in [0, 0.1) is 5.92 Å². The van der Waals surface area contributed by atoms with Crippen LogP contribution in [0.15, 0.2) is 48.8 Å². The van der Waals surface area contributed by atoms with Crippen molar-refractivity contribution in [2.45, 2.75) is 32.7 Å². The van der Waals surface area contributed by atoms with E-state index >= 15 is 0 Å². The van der Waals surface area contributed by atoms with Crippen LogP contribution in [0.2, 0.25) is 0 Å². The van der Waals surface area contributed by atoms with Gasteiger partial charge in [-0.15, -0.1) is 0 Å². The minimum absolute atomic E-state index is 0.0396. The van der Waals surface area contributed by atoms with E-state index in [1.807, 2.05) is 44.2 Å². The fraction of sp³-hybridized carbons (Fsp3) is 0.300. The maximum Gasteiger partial charge on any atom is 0.276 e. The Kier molecular flexibility index (Phi) is 4.68. The SMILES string of the molecule is CC(C)n1cc(NC(=O)c2cc(NC(=O)C3CC3)n(-c3ccccc3)n2)cn1. The van der Waals surface area contributed by atoms with Crippen molar-refractivity contribution in [3.8, 4) is 5.69 Å². The number of rotatable bonds is 6. The van der Waals surface area contributed by atoms with Crippen LogP contribution in [0.5, 0.6) is 0 Å². The Bertz CT molecular complexity index is 1000. The third kappa shape index (κ3) is 3.80. The third-order valence-corrected chi connectivity index (χ3v) is 4.53. The Morgan fingerprint density at radius 1 is 1.14 bits per heavy atom. The van der Waals surface area contributed by atoms with Crippen LogP contribution in [0.3, 0.4) is 0 Å². The zero-order valence-electron chi connectivity index (χ0n) is 15.8. The number of aromatic nitrogens is 4. The zero-order valence-corrected chi connectivity index (χ0v) is 15.8. The van der Waals surface area contributed by atoms with E-state index in [4.69, 9.17) is 0 Å². The molecule has 2 N–H and O–H groups in total. The van der Waals surface area contributed by atoms with Gasteiger partial charge in [-0.2, -0.15) is 10.2 Å². The lowest BCUT2D eigenvalue weighted by molar-refractivity contribution is -0.117. The molecule has 0 unspecified atom stereocenters. The number of nitrogens with one attached hydrogen (secondary N) is 2. The molecule has 1 saturated carbocycles. The summed E-state index contributed by atoms with van der Waals surface area (Å²) in [5.74, 6) is 0.131. The van der Waals surface area contributed by atoms with Gasteiger partial charge in [0.1, 0.15) is 5.82 Å². The molecule has 0 atom stereocenters. The average molecular weight is 378 g/mol. The molecule has 2 heterocycles. The summed E-state index contributed by atoms with van der Waals surface area (Å²) in [7, 11) is 0. The van der Waals surface area contributed by atoms with Crippen molar-refractivity contribution in [2.75, 3.05) is 10.6 Å². The maximum absolute atomic E-state index is 12.7. The average Bonchev–Trinajstić information content (AvgIpc) is 3.29. The molecule has 3 aromatic rings. The van der Waals surface area contributed by atoms with Gasteiger partial charge in [0.05, 0.1) is 17.6 Å². The van der Waals surface area contributed by atoms with Crippen LogP contribution in [-0.2, 0) is 4.79 Å². The summed E-state index contributed by atoms with van der Waals surface area (Å²) in [5, 5.41) is 14.3. The first-order chi connectivity index (χ1) is 13.5. The number of benzene rings is 1. The van der Waals surface area contributed by atoms with Crippen molar-refractivity contribution in [2.24, 2.45) is 5.92 Å². The molecule has 28 heavy (non-hydrogen) atoms. The predicted octanol–water partition coefficient (Wildman–Crippen LogP) is 3.25. The summed E-state index contributed by atoms with van der Waals surface area (Å²) in [6, 6.07) is 11.2.